The van der Waals surface area contributed by atoms with Crippen LogP contribution in [0.5, 0.6) is 0 Å². The van der Waals surface area contributed by atoms with Crippen LogP contribution in [0.15, 0.2) is 10.6 Å². The second-order valence-corrected chi connectivity index (χ2v) is 8.61. The van der Waals surface area contributed by atoms with Gasteiger partial charge in [-0.1, -0.05) is 19.0 Å². The number of hydrogen-bond acceptors (Lipinski definition) is 8. The summed E-state index contributed by atoms with van der Waals surface area (Å²) in [6, 6.07) is -1.33. The minimum absolute atomic E-state index is 0.0409. The predicted octanol–water partition coefficient (Wildman–Crippen LogP) is 0.121. The zero-order chi connectivity index (χ0) is 24.1. The molecule has 32 heavy (non-hydrogen) atoms. The molecule has 11 heteroatoms. The van der Waals surface area contributed by atoms with Crippen molar-refractivity contribution < 1.29 is 33.2 Å². The SMILES string of the molecule is COC[C@H](NC(=O)[C@H](C)NC(=O)c1cc(C)on1)C(=O)N[C@@H](CC(C)C)C(=O)[C@@]1(C)CO1. The third-order valence-corrected chi connectivity index (χ3v) is 5.01. The van der Waals surface area contributed by atoms with Crippen molar-refractivity contribution in [1.29, 1.82) is 0 Å². The monoisotopic (exact) mass is 452 g/mol. The summed E-state index contributed by atoms with van der Waals surface area (Å²) in [4.78, 5) is 50.4. The number of aryl methyl sites for hydroxylation is 1. The molecular formula is C21H32N4O7. The van der Waals surface area contributed by atoms with E-state index in [4.69, 9.17) is 14.0 Å². The van der Waals surface area contributed by atoms with Gasteiger partial charge in [0.25, 0.3) is 5.91 Å². The van der Waals surface area contributed by atoms with E-state index in [1.165, 1.54) is 20.1 Å². The zero-order valence-electron chi connectivity index (χ0n) is 19.3. The van der Waals surface area contributed by atoms with Gasteiger partial charge in [0.15, 0.2) is 11.5 Å². The number of ether oxygens (including phenoxy) is 2. The molecule has 3 N–H and O–H groups in total. The van der Waals surface area contributed by atoms with E-state index in [1.807, 2.05) is 13.8 Å². The van der Waals surface area contributed by atoms with Gasteiger partial charge in [0.1, 0.15) is 23.4 Å². The van der Waals surface area contributed by atoms with E-state index in [1.54, 1.807) is 13.8 Å². The highest BCUT2D eigenvalue weighted by molar-refractivity contribution is 5.99. The summed E-state index contributed by atoms with van der Waals surface area (Å²) < 4.78 is 15.2. The standard InChI is InChI=1S/C21H32N4O7/c1-11(2)7-14(17(26)21(5)10-31-21)23-20(29)16(9-30-6)24-18(27)13(4)22-19(28)15-8-12(3)32-25-15/h8,11,13-14,16H,7,9-10H2,1-6H3,(H,22,28)(H,23,29)(H,24,27)/t13-,14-,16-,21+/m0/s1. The van der Waals surface area contributed by atoms with E-state index < -0.39 is 41.4 Å². The Hall–Kier alpha value is -2.79. The third-order valence-electron chi connectivity index (χ3n) is 5.01. The van der Waals surface area contributed by atoms with Crippen molar-refractivity contribution in [2.45, 2.75) is 64.8 Å². The topological polar surface area (TPSA) is 152 Å². The van der Waals surface area contributed by atoms with E-state index in [9.17, 15) is 19.2 Å². The number of methoxy groups -OCH3 is 1. The molecule has 1 aliphatic heterocycles. The van der Waals surface area contributed by atoms with Gasteiger partial charge in [-0.05, 0) is 33.1 Å². The fourth-order valence-electron chi connectivity index (χ4n) is 3.05. The number of carbonyl (C=O) groups is 4. The molecule has 0 aliphatic carbocycles. The lowest BCUT2D eigenvalue weighted by Crippen LogP contribution is -2.57. The summed E-state index contributed by atoms with van der Waals surface area (Å²) in [6.45, 7) is 8.88. The molecule has 3 amide bonds. The van der Waals surface area contributed by atoms with Crippen molar-refractivity contribution in [1.82, 2.24) is 21.1 Å². The first-order chi connectivity index (χ1) is 15.0. The lowest BCUT2D eigenvalue weighted by Gasteiger charge is -2.25. The van der Waals surface area contributed by atoms with Gasteiger partial charge >= 0.3 is 0 Å². The molecule has 1 aromatic rings. The van der Waals surface area contributed by atoms with Crippen LogP contribution in [-0.4, -0.2) is 72.7 Å². The van der Waals surface area contributed by atoms with E-state index in [2.05, 4.69) is 21.1 Å². The van der Waals surface area contributed by atoms with Gasteiger partial charge in [0.2, 0.25) is 11.8 Å². The van der Waals surface area contributed by atoms with Gasteiger partial charge in [-0.15, -0.1) is 0 Å². The van der Waals surface area contributed by atoms with Crippen LogP contribution in [0.1, 0.15) is 50.4 Å². The van der Waals surface area contributed by atoms with E-state index in [0.717, 1.165) is 0 Å². The molecule has 1 saturated heterocycles. The van der Waals surface area contributed by atoms with Crippen molar-refractivity contribution in [3.63, 3.8) is 0 Å². The molecule has 0 unspecified atom stereocenters. The maximum atomic E-state index is 12.9. The molecule has 178 valence electrons. The van der Waals surface area contributed by atoms with Crippen molar-refractivity contribution in [3.8, 4) is 0 Å². The molecule has 0 aromatic carbocycles. The highest BCUT2D eigenvalue weighted by atomic mass is 16.6. The average molecular weight is 453 g/mol. The summed E-state index contributed by atoms with van der Waals surface area (Å²) in [5.74, 6) is -1.34. The lowest BCUT2D eigenvalue weighted by molar-refractivity contribution is -0.134. The van der Waals surface area contributed by atoms with Crippen molar-refractivity contribution in [2.75, 3.05) is 20.3 Å². The molecular weight excluding hydrogens is 420 g/mol. The second kappa shape index (κ2) is 10.7. The zero-order valence-corrected chi connectivity index (χ0v) is 19.3. The Morgan fingerprint density at radius 2 is 1.75 bits per heavy atom. The van der Waals surface area contributed by atoms with E-state index in [0.29, 0.717) is 18.8 Å². The highest BCUT2D eigenvalue weighted by Gasteiger charge is 2.50. The van der Waals surface area contributed by atoms with Crippen LogP contribution in [0.4, 0.5) is 0 Å². The maximum Gasteiger partial charge on any atom is 0.274 e. The summed E-state index contributed by atoms with van der Waals surface area (Å²) in [5, 5.41) is 11.4. The minimum Gasteiger partial charge on any atom is -0.382 e. The Labute approximate surface area is 186 Å². The number of rotatable bonds is 12. The Morgan fingerprint density at radius 1 is 1.12 bits per heavy atom. The molecule has 0 radical (unpaired) electrons. The van der Waals surface area contributed by atoms with Gasteiger partial charge in [0.05, 0.1) is 19.3 Å². The fraction of sp³-hybridized carbons (Fsp3) is 0.667. The molecule has 0 saturated carbocycles. The molecule has 1 fully saturated rings. The quantitative estimate of drug-likeness (QED) is 0.378. The summed E-state index contributed by atoms with van der Waals surface area (Å²) in [5.41, 5.74) is -0.843. The molecule has 2 heterocycles. The normalized spacial score (nSPS) is 20.2. The van der Waals surface area contributed by atoms with Crippen LogP contribution in [0.2, 0.25) is 0 Å². The Balaban J connectivity index is 2.00. The molecule has 1 aliphatic rings. The smallest absolute Gasteiger partial charge is 0.274 e. The number of amides is 3. The largest absolute Gasteiger partial charge is 0.382 e. The van der Waals surface area contributed by atoms with E-state index in [-0.39, 0.29) is 24.0 Å². The number of Topliss-reactive ketones (excluding diaryl/α,β-unsaturated/α-hetero) is 1. The Bertz CT molecular complexity index is 847. The van der Waals surface area contributed by atoms with Crippen molar-refractivity contribution >= 4 is 23.5 Å². The number of aromatic nitrogens is 1. The minimum atomic E-state index is -1.06. The molecule has 0 spiro atoms. The first kappa shape index (κ1) is 25.5. The maximum absolute atomic E-state index is 12.9. The van der Waals surface area contributed by atoms with Crippen molar-refractivity contribution in [2.24, 2.45) is 5.92 Å². The van der Waals surface area contributed by atoms with Gasteiger partial charge in [-0.3, -0.25) is 19.2 Å². The van der Waals surface area contributed by atoms with Gasteiger partial charge in [-0.2, -0.15) is 0 Å². The number of nitrogens with zero attached hydrogens (tertiary/aromatic N) is 1. The second-order valence-electron chi connectivity index (χ2n) is 8.61. The fourth-order valence-corrected chi connectivity index (χ4v) is 3.05. The van der Waals surface area contributed by atoms with Crippen LogP contribution in [0, 0.1) is 12.8 Å². The number of ketones is 1. The molecule has 11 nitrogen and oxygen atoms in total. The lowest BCUT2D eigenvalue weighted by atomic mass is 9.93. The van der Waals surface area contributed by atoms with Crippen LogP contribution < -0.4 is 16.0 Å². The predicted molar refractivity (Wildman–Crippen MR) is 113 cm³/mol. The molecule has 4 atom stereocenters. The van der Waals surface area contributed by atoms with Crippen LogP contribution in [0.25, 0.3) is 0 Å². The molecule has 0 bridgehead atoms. The van der Waals surface area contributed by atoms with Gasteiger partial charge in [-0.25, -0.2) is 0 Å². The first-order valence-electron chi connectivity index (χ1n) is 10.5. The van der Waals surface area contributed by atoms with Crippen LogP contribution in [-0.2, 0) is 23.9 Å². The van der Waals surface area contributed by atoms with Crippen molar-refractivity contribution in [3.05, 3.63) is 17.5 Å². The first-order valence-corrected chi connectivity index (χ1v) is 10.5. The number of epoxide rings is 1. The van der Waals surface area contributed by atoms with Gasteiger partial charge < -0.3 is 29.9 Å². The molecule has 1 aromatic heterocycles. The number of nitrogens with one attached hydrogen (secondary N) is 3. The summed E-state index contributed by atoms with van der Waals surface area (Å²) in [7, 11) is 1.39. The number of carbonyl (C=O) groups excluding carboxylic acids is 4. The summed E-state index contributed by atoms with van der Waals surface area (Å²) >= 11 is 0. The highest BCUT2D eigenvalue weighted by Crippen LogP contribution is 2.29. The van der Waals surface area contributed by atoms with E-state index >= 15 is 0 Å². The third kappa shape index (κ3) is 6.86. The summed E-state index contributed by atoms with van der Waals surface area (Å²) in [6.07, 6.45) is 0.431. The Kier molecular flexibility index (Phi) is 8.51. The molecule has 2 rings (SSSR count). The van der Waals surface area contributed by atoms with Crippen LogP contribution in [0.3, 0.4) is 0 Å². The van der Waals surface area contributed by atoms with Gasteiger partial charge in [0, 0.05) is 13.2 Å². The average Bonchev–Trinajstić information content (AvgIpc) is 3.32. The Morgan fingerprint density at radius 3 is 2.25 bits per heavy atom. The van der Waals surface area contributed by atoms with Crippen LogP contribution >= 0.6 is 0 Å². The number of hydrogen-bond donors (Lipinski definition) is 3.